The van der Waals surface area contributed by atoms with Gasteiger partial charge in [0, 0.05) is 34.1 Å². The van der Waals surface area contributed by atoms with Crippen LogP contribution in [0, 0.1) is 27.6 Å². The van der Waals surface area contributed by atoms with Crippen molar-refractivity contribution in [3.8, 4) is 17.4 Å². The highest BCUT2D eigenvalue weighted by Crippen LogP contribution is 2.34. The van der Waals surface area contributed by atoms with Crippen LogP contribution in [0.2, 0.25) is 0 Å². The largest absolute Gasteiger partial charge is 0.338 e. The molecule has 10 nitrogen and oxygen atoms in total. The molecule has 0 atom stereocenters. The Balaban J connectivity index is 1.70. The van der Waals surface area contributed by atoms with Crippen molar-refractivity contribution >= 4 is 45.0 Å². The summed E-state index contributed by atoms with van der Waals surface area (Å²) >= 11 is 2.00. The van der Waals surface area contributed by atoms with Crippen molar-refractivity contribution in [1.29, 1.82) is 5.26 Å². The van der Waals surface area contributed by atoms with Gasteiger partial charge >= 0.3 is 5.69 Å². The molecule has 3 aromatic heterocycles. The molecule has 0 bridgehead atoms. The van der Waals surface area contributed by atoms with E-state index in [1.807, 2.05) is 28.7 Å². The van der Waals surface area contributed by atoms with Gasteiger partial charge in [0.25, 0.3) is 11.1 Å². The van der Waals surface area contributed by atoms with Gasteiger partial charge < -0.3 is 9.88 Å². The number of imidazole rings is 1. The quantitative estimate of drug-likeness (QED) is 0.287. The molecule has 1 fully saturated rings. The number of anilines is 2. The fourth-order valence-electron chi connectivity index (χ4n) is 4.89. The van der Waals surface area contributed by atoms with Crippen molar-refractivity contribution in [1.82, 2.24) is 23.3 Å². The Morgan fingerprint density at radius 1 is 1.10 bits per heavy atom. The van der Waals surface area contributed by atoms with E-state index in [0.29, 0.717) is 27.8 Å². The first kappa shape index (κ1) is 25.8. The second kappa shape index (κ2) is 9.60. The number of aryl methyl sites for hydroxylation is 1. The summed E-state index contributed by atoms with van der Waals surface area (Å²) in [6, 6.07) is 13.2. The van der Waals surface area contributed by atoms with E-state index >= 15 is 0 Å². The molecule has 5 aromatic rings. The highest BCUT2D eigenvalue weighted by Gasteiger charge is 2.31. The predicted octanol–water partition coefficient (Wildman–Crippen LogP) is 4.04. The molecule has 12 heteroatoms. The fraction of sp³-hybridized carbons (Fsp3) is 0.179. The number of nitriles is 1. The maximum Gasteiger partial charge on any atom is 0.336 e. The minimum absolute atomic E-state index is 0.0864. The third kappa shape index (κ3) is 4.13. The van der Waals surface area contributed by atoms with Gasteiger partial charge in [-0.3, -0.25) is 23.3 Å². The molecule has 6 rings (SSSR count). The van der Waals surface area contributed by atoms with Crippen LogP contribution in [-0.4, -0.2) is 23.3 Å². The lowest BCUT2D eigenvalue weighted by atomic mass is 10.1. The first-order chi connectivity index (χ1) is 19.2. The zero-order chi connectivity index (χ0) is 28.3. The monoisotopic (exact) mass is 649 g/mol. The third-order valence-corrected chi connectivity index (χ3v) is 7.69. The Hall–Kier alpha value is -4.51. The van der Waals surface area contributed by atoms with Crippen LogP contribution in [0.1, 0.15) is 30.1 Å². The lowest BCUT2D eigenvalue weighted by Gasteiger charge is -2.21. The number of hydrogen-bond donors (Lipinski definition) is 1. The molecular weight excluding hydrogens is 628 g/mol. The number of aromatic nitrogens is 5. The second-order valence-electron chi connectivity index (χ2n) is 9.63. The molecule has 1 aliphatic rings. The molecule has 0 spiro atoms. The van der Waals surface area contributed by atoms with Crippen LogP contribution in [-0.2, 0) is 7.05 Å². The summed E-state index contributed by atoms with van der Waals surface area (Å²) < 4.78 is 21.1. The van der Waals surface area contributed by atoms with Crippen molar-refractivity contribution in [3.63, 3.8) is 0 Å². The van der Waals surface area contributed by atoms with Gasteiger partial charge in [0.05, 0.1) is 16.9 Å². The summed E-state index contributed by atoms with van der Waals surface area (Å²) in [4.78, 5) is 45.4. The van der Waals surface area contributed by atoms with Gasteiger partial charge in [-0.2, -0.15) is 5.26 Å². The predicted molar refractivity (Wildman–Crippen MR) is 156 cm³/mol. The fourth-order valence-corrected chi connectivity index (χ4v) is 5.34. The van der Waals surface area contributed by atoms with E-state index < -0.39 is 22.6 Å². The Morgan fingerprint density at radius 3 is 2.52 bits per heavy atom. The van der Waals surface area contributed by atoms with Gasteiger partial charge in [0.1, 0.15) is 29.4 Å². The average Bonchev–Trinajstić information content (AvgIpc) is 3.65. The van der Waals surface area contributed by atoms with E-state index in [-0.39, 0.29) is 39.7 Å². The van der Waals surface area contributed by atoms with Gasteiger partial charge in [-0.1, -0.05) is 6.07 Å². The molecule has 200 valence electrons. The summed E-state index contributed by atoms with van der Waals surface area (Å²) in [5.41, 5.74) is 0.139. The summed E-state index contributed by atoms with van der Waals surface area (Å²) in [5, 5.41) is 12.2. The van der Waals surface area contributed by atoms with E-state index in [4.69, 9.17) is 0 Å². The van der Waals surface area contributed by atoms with Gasteiger partial charge in [-0.05, 0) is 78.8 Å². The summed E-state index contributed by atoms with van der Waals surface area (Å²) in [6.45, 7) is 1.57. The van der Waals surface area contributed by atoms with Crippen LogP contribution in [0.5, 0.6) is 0 Å². The minimum Gasteiger partial charge on any atom is -0.338 e. The average molecular weight is 649 g/mol. The van der Waals surface area contributed by atoms with Gasteiger partial charge in [-0.25, -0.2) is 14.2 Å². The summed E-state index contributed by atoms with van der Waals surface area (Å²) in [6.07, 6.45) is 4.39. The smallest absolute Gasteiger partial charge is 0.336 e. The van der Waals surface area contributed by atoms with E-state index in [2.05, 4.69) is 10.3 Å². The van der Waals surface area contributed by atoms with E-state index in [1.54, 1.807) is 48.0 Å². The zero-order valence-electron chi connectivity index (χ0n) is 21.4. The number of nitrogens with zero attached hydrogens (tertiary/aromatic N) is 6. The Morgan fingerprint density at radius 2 is 1.85 bits per heavy atom. The van der Waals surface area contributed by atoms with E-state index in [0.717, 1.165) is 0 Å². The van der Waals surface area contributed by atoms with Crippen molar-refractivity contribution in [2.45, 2.75) is 25.8 Å². The van der Waals surface area contributed by atoms with Crippen LogP contribution < -0.4 is 22.1 Å². The van der Waals surface area contributed by atoms with Crippen LogP contribution in [0.3, 0.4) is 0 Å². The Bertz CT molecular complexity index is 2080. The molecular formula is C28H21FIN7O3. The molecule has 2 aromatic carbocycles. The van der Waals surface area contributed by atoms with Gasteiger partial charge in [-0.15, -0.1) is 0 Å². The SMILES string of the molecule is Cc1c(=O)n(C)c(Nc2ccc(I)cc2F)c2c(=O)n(C3CC3)c(=O)n(-c3cccc(-n4cnc(C#N)c4)c3)c12. The molecule has 1 aliphatic carbocycles. The number of rotatable bonds is 5. The van der Waals surface area contributed by atoms with Crippen molar-refractivity contribution in [2.24, 2.45) is 7.05 Å². The molecule has 0 aliphatic heterocycles. The topological polar surface area (TPSA) is 120 Å². The highest BCUT2D eigenvalue weighted by molar-refractivity contribution is 14.1. The normalized spacial score (nSPS) is 13.0. The first-order valence-corrected chi connectivity index (χ1v) is 13.4. The molecule has 0 unspecified atom stereocenters. The van der Waals surface area contributed by atoms with Crippen LogP contribution >= 0.6 is 22.6 Å². The Labute approximate surface area is 239 Å². The highest BCUT2D eigenvalue weighted by atomic mass is 127. The van der Waals surface area contributed by atoms with Gasteiger partial charge in [0.15, 0.2) is 5.69 Å². The molecule has 40 heavy (non-hydrogen) atoms. The second-order valence-corrected chi connectivity index (χ2v) is 10.9. The lowest BCUT2D eigenvalue weighted by molar-refractivity contribution is 0.630. The van der Waals surface area contributed by atoms with Crippen LogP contribution in [0.25, 0.3) is 22.3 Å². The third-order valence-electron chi connectivity index (χ3n) is 7.02. The van der Waals surface area contributed by atoms with Crippen molar-refractivity contribution < 1.29 is 4.39 Å². The van der Waals surface area contributed by atoms with Crippen molar-refractivity contribution in [2.75, 3.05) is 5.32 Å². The number of fused-ring (bicyclic) bond motifs is 1. The zero-order valence-corrected chi connectivity index (χ0v) is 23.5. The minimum atomic E-state index is -0.566. The maximum atomic E-state index is 14.9. The summed E-state index contributed by atoms with van der Waals surface area (Å²) in [7, 11) is 1.50. The Kier molecular flexibility index (Phi) is 6.18. The molecule has 0 amide bonds. The van der Waals surface area contributed by atoms with E-state index in [9.17, 15) is 24.0 Å². The maximum absolute atomic E-state index is 14.9. The molecule has 3 heterocycles. The van der Waals surface area contributed by atoms with Crippen molar-refractivity contribution in [3.05, 3.63) is 107 Å². The number of benzene rings is 2. The molecule has 1 saturated carbocycles. The summed E-state index contributed by atoms with van der Waals surface area (Å²) in [5.74, 6) is -0.461. The molecule has 0 radical (unpaired) electrons. The number of halogens is 2. The number of pyridine rings is 1. The molecule has 0 saturated heterocycles. The molecule has 1 N–H and O–H groups in total. The number of nitrogens with one attached hydrogen (secondary N) is 1. The van der Waals surface area contributed by atoms with E-state index in [1.165, 1.54) is 39.2 Å². The first-order valence-electron chi connectivity index (χ1n) is 12.4. The van der Waals surface area contributed by atoms with Gasteiger partial charge in [0.2, 0.25) is 0 Å². The van der Waals surface area contributed by atoms with Crippen LogP contribution in [0.4, 0.5) is 15.9 Å². The number of hydrogen-bond acceptors (Lipinski definition) is 6. The standard InChI is InChI=1S/C28H21FIN7O3/c1-15-24-23(25(34(2)26(15)38)33-22-9-6-16(30)10-21(22)29)27(39)37(18-7-8-18)28(40)36(24)20-5-3-4-19(11-20)35-13-17(12-31)32-14-35/h3-6,9-11,13-14,18,33H,7-8H2,1-2H3. The van der Waals surface area contributed by atoms with Crippen LogP contribution in [0.15, 0.2) is 69.4 Å². The lowest BCUT2D eigenvalue weighted by Crippen LogP contribution is -2.41.